The van der Waals surface area contributed by atoms with Crippen molar-refractivity contribution in [1.82, 2.24) is 9.47 Å². The van der Waals surface area contributed by atoms with Crippen molar-refractivity contribution in [3.63, 3.8) is 0 Å². The summed E-state index contributed by atoms with van der Waals surface area (Å²) < 4.78 is 2.80. The molecule has 0 spiro atoms. The Balaban J connectivity index is 1.64. The van der Waals surface area contributed by atoms with Crippen LogP contribution in [0.5, 0.6) is 0 Å². The molecule has 1 aliphatic heterocycles. The number of carbonyl (C=O) groups is 1. The Bertz CT molecular complexity index is 638. The lowest BCUT2D eigenvalue weighted by molar-refractivity contribution is 0.0782. The van der Waals surface area contributed by atoms with E-state index in [9.17, 15) is 4.79 Å². The zero-order valence-electron chi connectivity index (χ0n) is 11.9. The van der Waals surface area contributed by atoms with Gasteiger partial charge in [-0.1, -0.05) is 18.2 Å². The fourth-order valence-electron chi connectivity index (χ4n) is 2.73. The van der Waals surface area contributed by atoms with Crippen LogP contribution in [0.2, 0.25) is 0 Å². The standard InChI is InChI=1S/C16H18BrN3O/c1-19-10-12(17)9-15(19)16(21)20-8-7-14(11-20)18-13-5-3-2-4-6-13/h2-6,9-10,14,18H,7-8,11H2,1H3/t14-/m1/s1. The largest absolute Gasteiger partial charge is 0.380 e. The minimum Gasteiger partial charge on any atom is -0.380 e. The number of benzene rings is 1. The number of nitrogens with one attached hydrogen (secondary N) is 1. The van der Waals surface area contributed by atoms with Gasteiger partial charge in [0.1, 0.15) is 5.69 Å². The zero-order chi connectivity index (χ0) is 14.8. The van der Waals surface area contributed by atoms with Crippen LogP contribution in [-0.2, 0) is 7.05 Å². The summed E-state index contributed by atoms with van der Waals surface area (Å²) in [5.74, 6) is 0.0977. The van der Waals surface area contributed by atoms with Crippen molar-refractivity contribution in [3.8, 4) is 0 Å². The number of para-hydroxylation sites is 1. The van der Waals surface area contributed by atoms with Crippen LogP contribution < -0.4 is 5.32 Å². The molecule has 0 unspecified atom stereocenters. The highest BCUT2D eigenvalue weighted by atomic mass is 79.9. The summed E-state index contributed by atoms with van der Waals surface area (Å²) >= 11 is 3.41. The molecule has 110 valence electrons. The molecule has 3 rings (SSSR count). The van der Waals surface area contributed by atoms with Crippen LogP contribution in [0.25, 0.3) is 0 Å². The Morgan fingerprint density at radius 3 is 2.76 bits per heavy atom. The third kappa shape index (κ3) is 3.13. The number of amides is 1. The van der Waals surface area contributed by atoms with Gasteiger partial charge in [-0.25, -0.2) is 0 Å². The maximum atomic E-state index is 12.5. The Labute approximate surface area is 132 Å². The van der Waals surface area contributed by atoms with Crippen LogP contribution in [0.4, 0.5) is 5.69 Å². The summed E-state index contributed by atoms with van der Waals surface area (Å²) in [6.45, 7) is 1.54. The van der Waals surface area contributed by atoms with Gasteiger partial charge in [-0.05, 0) is 40.5 Å². The van der Waals surface area contributed by atoms with E-state index in [0.717, 1.165) is 35.4 Å². The van der Waals surface area contributed by atoms with Gasteiger partial charge in [-0.3, -0.25) is 4.79 Å². The lowest BCUT2D eigenvalue weighted by Crippen LogP contribution is -2.32. The van der Waals surface area contributed by atoms with Crippen LogP contribution in [-0.4, -0.2) is 34.5 Å². The van der Waals surface area contributed by atoms with Crippen molar-refractivity contribution >= 4 is 27.5 Å². The van der Waals surface area contributed by atoms with Gasteiger partial charge >= 0.3 is 0 Å². The smallest absolute Gasteiger partial charge is 0.270 e. The molecule has 21 heavy (non-hydrogen) atoms. The van der Waals surface area contributed by atoms with E-state index in [2.05, 4.69) is 33.4 Å². The van der Waals surface area contributed by atoms with E-state index in [1.54, 1.807) is 0 Å². The van der Waals surface area contributed by atoms with E-state index in [1.165, 1.54) is 0 Å². The Kier molecular flexibility index (Phi) is 4.01. The molecule has 2 aromatic rings. The summed E-state index contributed by atoms with van der Waals surface area (Å²) in [4.78, 5) is 14.5. The molecule has 0 radical (unpaired) electrons. The molecular weight excluding hydrogens is 330 g/mol. The van der Waals surface area contributed by atoms with E-state index in [-0.39, 0.29) is 5.91 Å². The van der Waals surface area contributed by atoms with Crippen LogP contribution in [0.15, 0.2) is 47.1 Å². The highest BCUT2D eigenvalue weighted by Crippen LogP contribution is 2.20. The molecule has 0 aliphatic carbocycles. The molecule has 1 atom stereocenters. The number of aromatic nitrogens is 1. The second-order valence-corrected chi connectivity index (χ2v) is 6.32. The van der Waals surface area contributed by atoms with Crippen LogP contribution in [0.1, 0.15) is 16.9 Å². The molecule has 5 heteroatoms. The third-order valence-corrected chi connectivity index (χ3v) is 4.24. The van der Waals surface area contributed by atoms with E-state index in [1.807, 2.05) is 47.0 Å². The molecule has 1 aromatic heterocycles. The van der Waals surface area contributed by atoms with Crippen molar-refractivity contribution in [2.45, 2.75) is 12.5 Å². The van der Waals surface area contributed by atoms with Crippen molar-refractivity contribution in [1.29, 1.82) is 0 Å². The fraction of sp³-hybridized carbons (Fsp3) is 0.312. The minimum atomic E-state index is 0.0977. The van der Waals surface area contributed by atoms with Crippen molar-refractivity contribution in [2.75, 3.05) is 18.4 Å². The summed E-state index contributed by atoms with van der Waals surface area (Å²) in [5, 5.41) is 3.49. The quantitative estimate of drug-likeness (QED) is 0.926. The Morgan fingerprint density at radius 1 is 1.33 bits per heavy atom. The molecule has 0 bridgehead atoms. The number of hydrogen-bond acceptors (Lipinski definition) is 2. The summed E-state index contributed by atoms with van der Waals surface area (Å²) in [6.07, 6.45) is 2.88. The first-order chi connectivity index (χ1) is 10.1. The van der Waals surface area contributed by atoms with Crippen molar-refractivity contribution < 1.29 is 4.79 Å². The maximum absolute atomic E-state index is 12.5. The number of halogens is 1. The first kappa shape index (κ1) is 14.2. The molecular formula is C16H18BrN3O. The summed E-state index contributed by atoms with van der Waals surface area (Å²) in [5.41, 5.74) is 1.83. The topological polar surface area (TPSA) is 37.3 Å². The monoisotopic (exact) mass is 347 g/mol. The molecule has 1 aromatic carbocycles. The highest BCUT2D eigenvalue weighted by molar-refractivity contribution is 9.10. The molecule has 1 fully saturated rings. The van der Waals surface area contributed by atoms with E-state index in [4.69, 9.17) is 0 Å². The maximum Gasteiger partial charge on any atom is 0.270 e. The Hall–Kier alpha value is -1.75. The number of hydrogen-bond donors (Lipinski definition) is 1. The number of carbonyl (C=O) groups excluding carboxylic acids is 1. The first-order valence-electron chi connectivity index (χ1n) is 7.06. The van der Waals surface area contributed by atoms with E-state index < -0.39 is 0 Å². The molecule has 1 saturated heterocycles. The zero-order valence-corrected chi connectivity index (χ0v) is 13.5. The van der Waals surface area contributed by atoms with Gasteiger partial charge in [0.2, 0.25) is 0 Å². The van der Waals surface area contributed by atoms with Gasteiger partial charge in [-0.2, -0.15) is 0 Å². The molecule has 0 saturated carbocycles. The normalized spacial score (nSPS) is 18.0. The van der Waals surface area contributed by atoms with Gasteiger partial charge in [-0.15, -0.1) is 0 Å². The number of likely N-dealkylation sites (tertiary alicyclic amines) is 1. The second-order valence-electron chi connectivity index (χ2n) is 5.40. The lowest BCUT2D eigenvalue weighted by atomic mass is 10.2. The second kappa shape index (κ2) is 5.93. The lowest BCUT2D eigenvalue weighted by Gasteiger charge is -2.18. The Morgan fingerprint density at radius 2 is 2.10 bits per heavy atom. The number of nitrogens with zero attached hydrogens (tertiary/aromatic N) is 2. The predicted molar refractivity (Wildman–Crippen MR) is 87.5 cm³/mol. The van der Waals surface area contributed by atoms with Crippen molar-refractivity contribution in [2.24, 2.45) is 7.05 Å². The average molecular weight is 348 g/mol. The third-order valence-electron chi connectivity index (χ3n) is 3.81. The summed E-state index contributed by atoms with van der Waals surface area (Å²) in [7, 11) is 1.90. The average Bonchev–Trinajstić information content (AvgIpc) is 3.06. The van der Waals surface area contributed by atoms with Gasteiger partial charge in [0.15, 0.2) is 0 Å². The van der Waals surface area contributed by atoms with Crippen molar-refractivity contribution in [3.05, 3.63) is 52.8 Å². The SMILES string of the molecule is Cn1cc(Br)cc1C(=O)N1CC[C@@H](Nc2ccccc2)C1. The molecule has 1 aliphatic rings. The number of rotatable bonds is 3. The molecule has 1 N–H and O–H groups in total. The van der Waals surface area contributed by atoms with Gasteiger partial charge in [0, 0.05) is 42.5 Å². The van der Waals surface area contributed by atoms with Gasteiger partial charge in [0.25, 0.3) is 5.91 Å². The van der Waals surface area contributed by atoms with E-state index in [0.29, 0.717) is 6.04 Å². The van der Waals surface area contributed by atoms with E-state index >= 15 is 0 Å². The van der Waals surface area contributed by atoms with Crippen LogP contribution >= 0.6 is 15.9 Å². The number of anilines is 1. The summed E-state index contributed by atoms with van der Waals surface area (Å²) in [6, 6.07) is 12.3. The van der Waals surface area contributed by atoms with Gasteiger partial charge in [0.05, 0.1) is 0 Å². The fourth-order valence-corrected chi connectivity index (χ4v) is 3.26. The minimum absolute atomic E-state index is 0.0977. The predicted octanol–water partition coefficient (Wildman–Crippen LogP) is 3.11. The highest BCUT2D eigenvalue weighted by Gasteiger charge is 2.28. The van der Waals surface area contributed by atoms with Crippen LogP contribution in [0.3, 0.4) is 0 Å². The first-order valence-corrected chi connectivity index (χ1v) is 7.85. The van der Waals surface area contributed by atoms with Crippen LogP contribution in [0, 0.1) is 0 Å². The number of aryl methyl sites for hydroxylation is 1. The molecule has 1 amide bonds. The van der Waals surface area contributed by atoms with Gasteiger partial charge < -0.3 is 14.8 Å². The molecule has 2 heterocycles. The molecule has 4 nitrogen and oxygen atoms in total.